The Bertz CT molecular complexity index is 734. The zero-order chi connectivity index (χ0) is 16.8. The third-order valence-electron chi connectivity index (χ3n) is 3.11. The van der Waals surface area contributed by atoms with Crippen molar-refractivity contribution < 1.29 is 14.5 Å². The van der Waals surface area contributed by atoms with Gasteiger partial charge in [0.2, 0.25) is 0 Å². The Labute approximate surface area is 141 Å². The van der Waals surface area contributed by atoms with E-state index in [2.05, 4.69) is 21.2 Å². The van der Waals surface area contributed by atoms with E-state index in [1.54, 1.807) is 6.07 Å². The number of ether oxygens (including phenoxy) is 1. The van der Waals surface area contributed by atoms with Crippen LogP contribution in [-0.4, -0.2) is 17.4 Å². The molecule has 7 heteroatoms. The Morgan fingerprint density at radius 1 is 1.30 bits per heavy atom. The number of halogens is 1. The van der Waals surface area contributed by atoms with Gasteiger partial charge >= 0.3 is 0 Å². The van der Waals surface area contributed by atoms with Crippen LogP contribution in [0.25, 0.3) is 0 Å². The molecule has 0 spiro atoms. The summed E-state index contributed by atoms with van der Waals surface area (Å²) in [5.74, 6) is 0.214. The number of nitro benzene ring substituents is 1. The number of carbonyl (C=O) groups is 1. The Morgan fingerprint density at radius 2 is 2.09 bits per heavy atom. The van der Waals surface area contributed by atoms with Crippen molar-refractivity contribution >= 4 is 33.2 Å². The van der Waals surface area contributed by atoms with Gasteiger partial charge in [-0.15, -0.1) is 0 Å². The van der Waals surface area contributed by atoms with Gasteiger partial charge in [-0.05, 0) is 46.1 Å². The quantitative estimate of drug-likeness (QED) is 0.609. The normalized spacial score (nSPS) is 10.2. The fourth-order valence-corrected chi connectivity index (χ4v) is 2.26. The van der Waals surface area contributed by atoms with E-state index in [0.29, 0.717) is 15.9 Å². The van der Waals surface area contributed by atoms with Gasteiger partial charge in [-0.3, -0.25) is 14.9 Å². The Balaban J connectivity index is 1.99. The SMILES string of the molecule is CCc1cccc(OCC(=O)Nc2cc([N+](=O)[O-])ccc2Br)c1. The van der Waals surface area contributed by atoms with Crippen molar-refractivity contribution in [2.24, 2.45) is 0 Å². The van der Waals surface area contributed by atoms with Gasteiger partial charge in [0.25, 0.3) is 11.6 Å². The number of hydrogen-bond acceptors (Lipinski definition) is 4. The van der Waals surface area contributed by atoms with Crippen LogP contribution in [-0.2, 0) is 11.2 Å². The molecule has 0 radical (unpaired) electrons. The first-order valence-corrected chi connectivity index (χ1v) is 7.74. The fourth-order valence-electron chi connectivity index (χ4n) is 1.91. The summed E-state index contributed by atoms with van der Waals surface area (Å²) in [5.41, 5.74) is 1.35. The minimum absolute atomic E-state index is 0.0972. The zero-order valence-electron chi connectivity index (χ0n) is 12.4. The molecule has 0 atom stereocenters. The molecule has 0 aliphatic heterocycles. The molecule has 0 bridgehead atoms. The van der Waals surface area contributed by atoms with E-state index in [0.717, 1.165) is 12.0 Å². The molecule has 2 rings (SSSR count). The number of carbonyl (C=O) groups excluding carboxylic acids is 1. The summed E-state index contributed by atoms with van der Waals surface area (Å²) in [7, 11) is 0. The standard InChI is InChI=1S/C16H15BrN2O4/c1-2-11-4-3-5-13(8-11)23-10-16(20)18-15-9-12(19(21)22)6-7-14(15)17/h3-9H,2,10H2,1H3,(H,18,20). The number of non-ortho nitro benzene ring substituents is 1. The molecule has 2 aromatic carbocycles. The van der Waals surface area contributed by atoms with E-state index >= 15 is 0 Å². The molecule has 0 saturated heterocycles. The van der Waals surface area contributed by atoms with Gasteiger partial charge in [-0.25, -0.2) is 0 Å². The highest BCUT2D eigenvalue weighted by Gasteiger charge is 2.12. The maximum absolute atomic E-state index is 11.9. The minimum atomic E-state index is -0.519. The van der Waals surface area contributed by atoms with Crippen LogP contribution in [0.15, 0.2) is 46.9 Å². The monoisotopic (exact) mass is 378 g/mol. The number of nitro groups is 1. The lowest BCUT2D eigenvalue weighted by atomic mass is 10.2. The highest BCUT2D eigenvalue weighted by molar-refractivity contribution is 9.10. The third kappa shape index (κ3) is 4.79. The molecular formula is C16H15BrN2O4. The highest BCUT2D eigenvalue weighted by atomic mass is 79.9. The largest absolute Gasteiger partial charge is 0.484 e. The average molecular weight is 379 g/mol. The zero-order valence-corrected chi connectivity index (χ0v) is 14.0. The Morgan fingerprint density at radius 3 is 2.78 bits per heavy atom. The Hall–Kier alpha value is -2.41. The Kier molecular flexibility index (Phi) is 5.70. The lowest BCUT2D eigenvalue weighted by Crippen LogP contribution is -2.20. The van der Waals surface area contributed by atoms with Crippen molar-refractivity contribution in [1.29, 1.82) is 0 Å². The lowest BCUT2D eigenvalue weighted by Gasteiger charge is -2.09. The molecule has 0 saturated carbocycles. The van der Waals surface area contributed by atoms with Crippen molar-refractivity contribution in [2.45, 2.75) is 13.3 Å². The van der Waals surface area contributed by atoms with Gasteiger partial charge in [0.1, 0.15) is 5.75 Å². The number of nitrogens with one attached hydrogen (secondary N) is 1. The van der Waals surface area contributed by atoms with Crippen molar-refractivity contribution in [2.75, 3.05) is 11.9 Å². The summed E-state index contributed by atoms with van der Waals surface area (Å²) in [6.07, 6.45) is 0.879. The molecule has 0 aliphatic rings. The van der Waals surface area contributed by atoms with E-state index in [1.165, 1.54) is 18.2 Å². The molecule has 23 heavy (non-hydrogen) atoms. The summed E-state index contributed by atoms with van der Waals surface area (Å²) in [6.45, 7) is 1.86. The number of amides is 1. The lowest BCUT2D eigenvalue weighted by molar-refractivity contribution is -0.384. The van der Waals surface area contributed by atoms with Gasteiger partial charge in [0.05, 0.1) is 10.6 Å². The van der Waals surface area contributed by atoms with E-state index in [1.807, 2.05) is 25.1 Å². The predicted molar refractivity (Wildman–Crippen MR) is 90.7 cm³/mol. The van der Waals surface area contributed by atoms with Gasteiger partial charge < -0.3 is 10.1 Å². The van der Waals surface area contributed by atoms with Crippen LogP contribution in [0.4, 0.5) is 11.4 Å². The van der Waals surface area contributed by atoms with Crippen LogP contribution in [0.3, 0.4) is 0 Å². The first kappa shape index (κ1) is 17.0. The number of aryl methyl sites for hydroxylation is 1. The van der Waals surface area contributed by atoms with Gasteiger partial charge in [-0.2, -0.15) is 0 Å². The summed E-state index contributed by atoms with van der Waals surface area (Å²) in [5, 5.41) is 13.4. The molecule has 2 aromatic rings. The number of rotatable bonds is 6. The smallest absolute Gasteiger partial charge is 0.271 e. The average Bonchev–Trinajstić information content (AvgIpc) is 2.55. The number of anilines is 1. The van der Waals surface area contributed by atoms with Gasteiger partial charge in [0.15, 0.2) is 6.61 Å². The van der Waals surface area contributed by atoms with E-state index in [4.69, 9.17) is 4.74 Å². The summed E-state index contributed by atoms with van der Waals surface area (Å²) < 4.78 is 6.00. The van der Waals surface area contributed by atoms with Crippen LogP contribution >= 0.6 is 15.9 Å². The van der Waals surface area contributed by atoms with E-state index in [-0.39, 0.29) is 12.3 Å². The molecule has 0 unspecified atom stereocenters. The second-order valence-corrected chi connectivity index (χ2v) is 5.61. The molecule has 0 heterocycles. The number of benzene rings is 2. The maximum Gasteiger partial charge on any atom is 0.271 e. The van der Waals surface area contributed by atoms with Gasteiger partial charge in [-0.1, -0.05) is 19.1 Å². The van der Waals surface area contributed by atoms with Crippen molar-refractivity contribution in [1.82, 2.24) is 0 Å². The summed E-state index contributed by atoms with van der Waals surface area (Å²) in [6, 6.07) is 11.6. The van der Waals surface area contributed by atoms with Crippen LogP contribution in [0.2, 0.25) is 0 Å². The molecule has 0 aliphatic carbocycles. The molecule has 1 N–H and O–H groups in total. The van der Waals surface area contributed by atoms with Crippen LogP contribution < -0.4 is 10.1 Å². The van der Waals surface area contributed by atoms with Crippen molar-refractivity contribution in [3.8, 4) is 5.75 Å². The number of hydrogen-bond donors (Lipinski definition) is 1. The summed E-state index contributed by atoms with van der Waals surface area (Å²) in [4.78, 5) is 22.2. The molecule has 0 fully saturated rings. The second-order valence-electron chi connectivity index (χ2n) is 4.76. The van der Waals surface area contributed by atoms with E-state index < -0.39 is 10.8 Å². The van der Waals surface area contributed by atoms with Crippen molar-refractivity contribution in [3.63, 3.8) is 0 Å². The molecule has 0 aromatic heterocycles. The van der Waals surface area contributed by atoms with Crippen LogP contribution in [0, 0.1) is 10.1 Å². The molecular weight excluding hydrogens is 364 g/mol. The molecule has 6 nitrogen and oxygen atoms in total. The third-order valence-corrected chi connectivity index (χ3v) is 3.80. The highest BCUT2D eigenvalue weighted by Crippen LogP contribution is 2.27. The summed E-state index contributed by atoms with van der Waals surface area (Å²) >= 11 is 3.24. The first-order chi connectivity index (χ1) is 11.0. The minimum Gasteiger partial charge on any atom is -0.484 e. The van der Waals surface area contributed by atoms with E-state index in [9.17, 15) is 14.9 Å². The first-order valence-electron chi connectivity index (χ1n) is 6.95. The molecule has 120 valence electrons. The predicted octanol–water partition coefficient (Wildman–Crippen LogP) is 3.94. The van der Waals surface area contributed by atoms with Crippen LogP contribution in [0.1, 0.15) is 12.5 Å². The van der Waals surface area contributed by atoms with Gasteiger partial charge in [0, 0.05) is 16.6 Å². The maximum atomic E-state index is 11.9. The van der Waals surface area contributed by atoms with Crippen molar-refractivity contribution in [3.05, 3.63) is 62.6 Å². The number of nitrogens with zero attached hydrogens (tertiary/aromatic N) is 1. The molecule has 1 amide bonds. The van der Waals surface area contributed by atoms with Crippen LogP contribution in [0.5, 0.6) is 5.75 Å². The fraction of sp³-hybridized carbons (Fsp3) is 0.188. The topological polar surface area (TPSA) is 81.5 Å². The second kappa shape index (κ2) is 7.73.